The summed E-state index contributed by atoms with van der Waals surface area (Å²) < 4.78 is 0. The van der Waals surface area contributed by atoms with Crippen LogP contribution in [0.1, 0.15) is 27.0 Å². The van der Waals surface area contributed by atoms with Gasteiger partial charge in [-0.1, -0.05) is 30.3 Å². The summed E-state index contributed by atoms with van der Waals surface area (Å²) in [7, 11) is 0. The van der Waals surface area contributed by atoms with E-state index in [9.17, 15) is 4.79 Å². The first-order valence-electron chi connectivity index (χ1n) is 6.23. The van der Waals surface area contributed by atoms with Crippen molar-refractivity contribution in [1.82, 2.24) is 0 Å². The lowest BCUT2D eigenvalue weighted by Gasteiger charge is -2.13. The fourth-order valence-electron chi connectivity index (χ4n) is 2.07. The molecule has 0 saturated carbocycles. The summed E-state index contributed by atoms with van der Waals surface area (Å²) in [5.74, 6) is -0.168. The lowest BCUT2D eigenvalue weighted by atomic mass is 10.1. The molecular weight excluding hydrogens is 236 g/mol. The van der Waals surface area contributed by atoms with Gasteiger partial charge in [0.15, 0.2) is 0 Å². The summed E-state index contributed by atoms with van der Waals surface area (Å²) in [5.41, 5.74) is 10.9. The summed E-state index contributed by atoms with van der Waals surface area (Å²) in [6.45, 7) is 5.84. The van der Waals surface area contributed by atoms with Crippen LogP contribution in [0.2, 0.25) is 0 Å². The molecule has 98 valence electrons. The van der Waals surface area contributed by atoms with E-state index in [0.717, 1.165) is 22.4 Å². The van der Waals surface area contributed by atoms with Gasteiger partial charge in [0, 0.05) is 11.4 Å². The van der Waals surface area contributed by atoms with Gasteiger partial charge in [0.1, 0.15) is 0 Å². The molecule has 19 heavy (non-hydrogen) atoms. The Morgan fingerprint density at radius 3 is 2.11 bits per heavy atom. The van der Waals surface area contributed by atoms with Crippen LogP contribution in [-0.2, 0) is 0 Å². The third-order valence-corrected chi connectivity index (χ3v) is 3.29. The zero-order valence-electron chi connectivity index (χ0n) is 11.4. The van der Waals surface area contributed by atoms with Crippen molar-refractivity contribution in [2.75, 3.05) is 11.1 Å². The van der Waals surface area contributed by atoms with Crippen LogP contribution in [0.3, 0.4) is 0 Å². The van der Waals surface area contributed by atoms with E-state index < -0.39 is 0 Å². The van der Waals surface area contributed by atoms with E-state index in [1.54, 1.807) is 6.07 Å². The van der Waals surface area contributed by atoms with Crippen molar-refractivity contribution < 1.29 is 4.79 Å². The number of amides is 1. The highest BCUT2D eigenvalue weighted by Crippen LogP contribution is 2.22. The number of aryl methyl sites for hydroxylation is 3. The molecule has 0 bridgehead atoms. The van der Waals surface area contributed by atoms with Gasteiger partial charge in [0.05, 0.1) is 5.56 Å². The molecule has 0 spiro atoms. The number of anilines is 2. The third kappa shape index (κ3) is 2.60. The Kier molecular flexibility index (Phi) is 3.56. The SMILES string of the molecule is Cc1cccc(C(=O)Nc2c(C)cccc2C)c1N. The average molecular weight is 254 g/mol. The van der Waals surface area contributed by atoms with Crippen molar-refractivity contribution in [3.8, 4) is 0 Å². The standard InChI is InChI=1S/C16H18N2O/c1-10-6-5-9-13(14(10)17)16(19)18-15-11(2)7-4-8-12(15)3/h4-9H,17H2,1-3H3,(H,18,19). The number of hydrogen-bond acceptors (Lipinski definition) is 2. The van der Waals surface area contributed by atoms with E-state index in [2.05, 4.69) is 5.32 Å². The molecule has 1 amide bonds. The molecule has 0 heterocycles. The van der Waals surface area contributed by atoms with Crippen LogP contribution in [0.25, 0.3) is 0 Å². The zero-order chi connectivity index (χ0) is 14.0. The van der Waals surface area contributed by atoms with E-state index in [4.69, 9.17) is 5.73 Å². The Morgan fingerprint density at radius 2 is 1.47 bits per heavy atom. The van der Waals surface area contributed by atoms with Crippen LogP contribution in [0, 0.1) is 20.8 Å². The Labute approximate surface area is 113 Å². The number of hydrogen-bond donors (Lipinski definition) is 2. The monoisotopic (exact) mass is 254 g/mol. The van der Waals surface area contributed by atoms with Gasteiger partial charge in [0.25, 0.3) is 5.91 Å². The first-order valence-corrected chi connectivity index (χ1v) is 6.23. The summed E-state index contributed by atoms with van der Waals surface area (Å²) in [6, 6.07) is 11.4. The summed E-state index contributed by atoms with van der Waals surface area (Å²) in [6.07, 6.45) is 0. The Bertz CT molecular complexity index is 612. The summed E-state index contributed by atoms with van der Waals surface area (Å²) >= 11 is 0. The second-order valence-electron chi connectivity index (χ2n) is 4.76. The molecule has 0 saturated heterocycles. The highest BCUT2D eigenvalue weighted by atomic mass is 16.1. The Morgan fingerprint density at radius 1 is 0.947 bits per heavy atom. The lowest BCUT2D eigenvalue weighted by molar-refractivity contribution is 0.102. The molecular formula is C16H18N2O. The average Bonchev–Trinajstić information content (AvgIpc) is 2.37. The molecule has 3 nitrogen and oxygen atoms in total. The number of nitrogens with one attached hydrogen (secondary N) is 1. The maximum atomic E-state index is 12.3. The van der Waals surface area contributed by atoms with Crippen molar-refractivity contribution in [2.45, 2.75) is 20.8 Å². The number of carbonyl (C=O) groups is 1. The molecule has 3 heteroatoms. The molecule has 3 N–H and O–H groups in total. The van der Waals surface area contributed by atoms with Crippen LogP contribution in [0.4, 0.5) is 11.4 Å². The number of rotatable bonds is 2. The van der Waals surface area contributed by atoms with Crippen molar-refractivity contribution in [3.63, 3.8) is 0 Å². The van der Waals surface area contributed by atoms with Crippen LogP contribution in [0.15, 0.2) is 36.4 Å². The van der Waals surface area contributed by atoms with Gasteiger partial charge in [-0.3, -0.25) is 4.79 Å². The van der Waals surface area contributed by atoms with E-state index >= 15 is 0 Å². The smallest absolute Gasteiger partial charge is 0.257 e. The first-order chi connectivity index (χ1) is 9.00. The molecule has 2 aromatic carbocycles. The second-order valence-corrected chi connectivity index (χ2v) is 4.76. The van der Waals surface area contributed by atoms with Gasteiger partial charge in [-0.2, -0.15) is 0 Å². The molecule has 0 radical (unpaired) electrons. The second kappa shape index (κ2) is 5.14. The molecule has 0 aliphatic heterocycles. The van der Waals surface area contributed by atoms with Crippen molar-refractivity contribution in [1.29, 1.82) is 0 Å². The predicted octanol–water partition coefficient (Wildman–Crippen LogP) is 3.45. The van der Waals surface area contributed by atoms with Crippen LogP contribution in [0.5, 0.6) is 0 Å². The number of carbonyl (C=O) groups excluding carboxylic acids is 1. The minimum absolute atomic E-state index is 0.168. The van der Waals surface area contributed by atoms with Gasteiger partial charge in [-0.05, 0) is 43.5 Å². The fraction of sp³-hybridized carbons (Fsp3) is 0.188. The topological polar surface area (TPSA) is 55.1 Å². The molecule has 0 aromatic heterocycles. The molecule has 0 aliphatic carbocycles. The van der Waals surface area contributed by atoms with E-state index in [-0.39, 0.29) is 5.91 Å². The van der Waals surface area contributed by atoms with Gasteiger partial charge in [-0.15, -0.1) is 0 Å². The van der Waals surface area contributed by atoms with Crippen molar-refractivity contribution in [3.05, 3.63) is 58.7 Å². The third-order valence-electron chi connectivity index (χ3n) is 3.29. The lowest BCUT2D eigenvalue weighted by Crippen LogP contribution is -2.16. The summed E-state index contributed by atoms with van der Waals surface area (Å²) in [5, 5.41) is 2.94. The van der Waals surface area contributed by atoms with Crippen LogP contribution >= 0.6 is 0 Å². The predicted molar refractivity (Wildman–Crippen MR) is 79.5 cm³/mol. The molecule has 0 atom stereocenters. The highest BCUT2D eigenvalue weighted by molar-refractivity contribution is 6.08. The van der Waals surface area contributed by atoms with Crippen LogP contribution in [-0.4, -0.2) is 5.91 Å². The van der Waals surface area contributed by atoms with Gasteiger partial charge in [-0.25, -0.2) is 0 Å². The van der Waals surface area contributed by atoms with E-state index in [1.165, 1.54) is 0 Å². The van der Waals surface area contributed by atoms with Crippen molar-refractivity contribution >= 4 is 17.3 Å². The molecule has 2 aromatic rings. The normalized spacial score (nSPS) is 10.3. The first kappa shape index (κ1) is 13.1. The fourth-order valence-corrected chi connectivity index (χ4v) is 2.07. The quantitative estimate of drug-likeness (QED) is 0.806. The molecule has 0 fully saturated rings. The van der Waals surface area contributed by atoms with Gasteiger partial charge >= 0.3 is 0 Å². The number of para-hydroxylation sites is 2. The Hall–Kier alpha value is -2.29. The van der Waals surface area contributed by atoms with Crippen LogP contribution < -0.4 is 11.1 Å². The Balaban J connectivity index is 2.34. The number of nitrogen functional groups attached to an aromatic ring is 1. The largest absolute Gasteiger partial charge is 0.398 e. The molecule has 2 rings (SSSR count). The zero-order valence-corrected chi connectivity index (χ0v) is 11.4. The van der Waals surface area contributed by atoms with Gasteiger partial charge < -0.3 is 11.1 Å². The summed E-state index contributed by atoms with van der Waals surface area (Å²) in [4.78, 5) is 12.3. The molecule has 0 aliphatic rings. The number of benzene rings is 2. The minimum Gasteiger partial charge on any atom is -0.398 e. The van der Waals surface area contributed by atoms with E-state index in [0.29, 0.717) is 11.3 Å². The molecule has 0 unspecified atom stereocenters. The highest BCUT2D eigenvalue weighted by Gasteiger charge is 2.13. The van der Waals surface area contributed by atoms with Crippen molar-refractivity contribution in [2.24, 2.45) is 0 Å². The maximum absolute atomic E-state index is 12.3. The minimum atomic E-state index is -0.168. The number of nitrogens with two attached hydrogens (primary N) is 1. The van der Waals surface area contributed by atoms with Gasteiger partial charge in [0.2, 0.25) is 0 Å². The van der Waals surface area contributed by atoms with E-state index in [1.807, 2.05) is 51.1 Å². The maximum Gasteiger partial charge on any atom is 0.257 e.